The Morgan fingerprint density at radius 3 is 2.94 bits per heavy atom. The standard InChI is InChI=1S/C11H10F2N2O2/c1-2-17-11(16)9-6-4-3-5-7(10(12)13)8(6)14-15-9/h3-5,10H,2H2,1H3,(H,14,15). The first-order valence-corrected chi connectivity index (χ1v) is 5.07. The average molecular weight is 240 g/mol. The summed E-state index contributed by atoms with van der Waals surface area (Å²) in [4.78, 5) is 11.5. The van der Waals surface area contributed by atoms with Gasteiger partial charge in [0.2, 0.25) is 0 Å². The van der Waals surface area contributed by atoms with E-state index < -0.39 is 12.4 Å². The van der Waals surface area contributed by atoms with Crippen LogP contribution >= 0.6 is 0 Å². The zero-order chi connectivity index (χ0) is 12.4. The molecule has 0 saturated heterocycles. The lowest BCUT2D eigenvalue weighted by Gasteiger charge is -2.01. The Hall–Kier alpha value is -1.98. The molecule has 0 amide bonds. The Labute approximate surface area is 95.6 Å². The monoisotopic (exact) mass is 240 g/mol. The second kappa shape index (κ2) is 4.48. The first-order valence-electron chi connectivity index (χ1n) is 5.07. The third kappa shape index (κ3) is 1.98. The molecule has 0 bridgehead atoms. The number of para-hydroxylation sites is 1. The molecular formula is C11H10F2N2O2. The van der Waals surface area contributed by atoms with Crippen LogP contribution in [0.1, 0.15) is 29.4 Å². The van der Waals surface area contributed by atoms with E-state index in [1.807, 2.05) is 0 Å². The van der Waals surface area contributed by atoms with Crippen LogP contribution < -0.4 is 0 Å². The van der Waals surface area contributed by atoms with Crippen LogP contribution in [0, 0.1) is 0 Å². The number of ether oxygens (including phenoxy) is 1. The highest BCUT2D eigenvalue weighted by molar-refractivity contribution is 6.02. The molecule has 0 spiro atoms. The molecule has 2 rings (SSSR count). The van der Waals surface area contributed by atoms with Gasteiger partial charge in [-0.15, -0.1) is 0 Å². The number of halogens is 2. The van der Waals surface area contributed by atoms with Crippen molar-refractivity contribution in [1.82, 2.24) is 10.2 Å². The summed E-state index contributed by atoms with van der Waals surface area (Å²) in [6.45, 7) is 1.88. The van der Waals surface area contributed by atoms with Crippen LogP contribution in [0.25, 0.3) is 10.9 Å². The number of hydrogen-bond acceptors (Lipinski definition) is 3. The number of carbonyl (C=O) groups is 1. The molecule has 0 aliphatic heterocycles. The van der Waals surface area contributed by atoms with Crippen LogP contribution in [-0.4, -0.2) is 22.8 Å². The summed E-state index contributed by atoms with van der Waals surface area (Å²) in [7, 11) is 0. The van der Waals surface area contributed by atoms with Gasteiger partial charge in [0.25, 0.3) is 6.43 Å². The van der Waals surface area contributed by atoms with Gasteiger partial charge in [0.1, 0.15) is 5.52 Å². The molecule has 90 valence electrons. The summed E-state index contributed by atoms with van der Waals surface area (Å²) in [5, 5.41) is 6.52. The number of benzene rings is 1. The number of fused-ring (bicyclic) bond motifs is 1. The number of nitrogens with one attached hydrogen (secondary N) is 1. The second-order valence-corrected chi connectivity index (χ2v) is 3.36. The van der Waals surface area contributed by atoms with Crippen molar-refractivity contribution in [2.75, 3.05) is 6.61 Å². The van der Waals surface area contributed by atoms with E-state index in [-0.39, 0.29) is 23.4 Å². The minimum Gasteiger partial charge on any atom is -0.461 e. The minimum atomic E-state index is -2.63. The number of alkyl halides is 2. The van der Waals surface area contributed by atoms with E-state index in [1.165, 1.54) is 12.1 Å². The van der Waals surface area contributed by atoms with E-state index in [4.69, 9.17) is 4.74 Å². The van der Waals surface area contributed by atoms with Crippen molar-refractivity contribution in [2.45, 2.75) is 13.3 Å². The van der Waals surface area contributed by atoms with E-state index >= 15 is 0 Å². The molecule has 1 aromatic heterocycles. The Kier molecular flexibility index (Phi) is 3.03. The molecule has 17 heavy (non-hydrogen) atoms. The lowest BCUT2D eigenvalue weighted by atomic mass is 10.1. The summed E-state index contributed by atoms with van der Waals surface area (Å²) in [5.41, 5.74) is 0.00389. The maximum absolute atomic E-state index is 12.7. The number of aromatic nitrogens is 2. The normalized spacial score (nSPS) is 11.1. The fraction of sp³-hybridized carbons (Fsp3) is 0.273. The Bertz CT molecular complexity index is 551. The molecule has 0 unspecified atom stereocenters. The Morgan fingerprint density at radius 2 is 2.29 bits per heavy atom. The van der Waals surface area contributed by atoms with Crippen LogP contribution in [0.5, 0.6) is 0 Å². The number of hydrogen-bond donors (Lipinski definition) is 1. The van der Waals surface area contributed by atoms with E-state index in [2.05, 4.69) is 10.2 Å². The van der Waals surface area contributed by atoms with Crippen LogP contribution in [0.2, 0.25) is 0 Å². The molecule has 2 aromatic rings. The number of aromatic amines is 1. The fourth-order valence-corrected chi connectivity index (χ4v) is 1.59. The molecule has 1 aromatic carbocycles. The summed E-state index contributed by atoms with van der Waals surface area (Å²) >= 11 is 0. The van der Waals surface area contributed by atoms with Crippen LogP contribution in [0.3, 0.4) is 0 Å². The predicted molar refractivity (Wildman–Crippen MR) is 57.0 cm³/mol. The van der Waals surface area contributed by atoms with E-state index in [0.717, 1.165) is 0 Å². The number of rotatable bonds is 3. The largest absolute Gasteiger partial charge is 0.461 e. The van der Waals surface area contributed by atoms with Crippen LogP contribution in [0.15, 0.2) is 18.2 Å². The molecule has 0 aliphatic carbocycles. The lowest BCUT2D eigenvalue weighted by Crippen LogP contribution is -2.05. The van der Waals surface area contributed by atoms with Gasteiger partial charge in [-0.1, -0.05) is 18.2 Å². The van der Waals surface area contributed by atoms with Gasteiger partial charge in [0.05, 0.1) is 6.61 Å². The topological polar surface area (TPSA) is 55.0 Å². The van der Waals surface area contributed by atoms with Gasteiger partial charge >= 0.3 is 5.97 Å². The van der Waals surface area contributed by atoms with Gasteiger partial charge in [0, 0.05) is 10.9 Å². The quantitative estimate of drug-likeness (QED) is 0.839. The summed E-state index contributed by atoms with van der Waals surface area (Å²) in [6, 6.07) is 4.29. The van der Waals surface area contributed by atoms with Crippen LogP contribution in [0.4, 0.5) is 8.78 Å². The maximum atomic E-state index is 12.7. The molecular weight excluding hydrogens is 230 g/mol. The highest BCUT2D eigenvalue weighted by atomic mass is 19.3. The number of nitrogens with zero attached hydrogens (tertiary/aromatic N) is 1. The molecule has 1 N–H and O–H groups in total. The zero-order valence-corrected chi connectivity index (χ0v) is 9.04. The SMILES string of the molecule is CCOC(=O)c1[nH]nc2c(C(F)F)cccc12. The van der Waals surface area contributed by atoms with Crippen molar-refractivity contribution in [3.63, 3.8) is 0 Å². The molecule has 1 heterocycles. The first-order chi connectivity index (χ1) is 8.15. The van der Waals surface area contributed by atoms with Gasteiger partial charge < -0.3 is 4.74 Å². The maximum Gasteiger partial charge on any atom is 0.356 e. The fourth-order valence-electron chi connectivity index (χ4n) is 1.59. The zero-order valence-electron chi connectivity index (χ0n) is 9.04. The molecule has 0 fully saturated rings. The number of H-pyrrole nitrogens is 1. The summed E-state index contributed by atoms with van der Waals surface area (Å²) < 4.78 is 30.2. The molecule has 6 heteroatoms. The predicted octanol–water partition coefficient (Wildman–Crippen LogP) is 2.68. The molecule has 0 atom stereocenters. The highest BCUT2D eigenvalue weighted by Crippen LogP contribution is 2.27. The summed E-state index contributed by atoms with van der Waals surface area (Å²) in [6.07, 6.45) is -2.63. The van der Waals surface area contributed by atoms with Crippen molar-refractivity contribution in [2.24, 2.45) is 0 Å². The minimum absolute atomic E-state index is 0.101. The van der Waals surface area contributed by atoms with E-state index in [0.29, 0.717) is 5.39 Å². The summed E-state index contributed by atoms with van der Waals surface area (Å²) in [5.74, 6) is -0.596. The Balaban J connectivity index is 2.55. The smallest absolute Gasteiger partial charge is 0.356 e. The van der Waals surface area contributed by atoms with Gasteiger partial charge in [0.15, 0.2) is 5.69 Å². The Morgan fingerprint density at radius 1 is 1.53 bits per heavy atom. The molecule has 4 nitrogen and oxygen atoms in total. The van der Waals surface area contributed by atoms with E-state index in [9.17, 15) is 13.6 Å². The highest BCUT2D eigenvalue weighted by Gasteiger charge is 2.19. The van der Waals surface area contributed by atoms with Crippen molar-refractivity contribution in [1.29, 1.82) is 0 Å². The van der Waals surface area contributed by atoms with Crippen LogP contribution in [-0.2, 0) is 4.74 Å². The van der Waals surface area contributed by atoms with Crippen molar-refractivity contribution in [3.05, 3.63) is 29.5 Å². The van der Waals surface area contributed by atoms with Crippen molar-refractivity contribution in [3.8, 4) is 0 Å². The third-order valence-electron chi connectivity index (χ3n) is 2.33. The van der Waals surface area contributed by atoms with Gasteiger partial charge in [-0.3, -0.25) is 5.10 Å². The lowest BCUT2D eigenvalue weighted by molar-refractivity contribution is 0.0521. The van der Waals surface area contributed by atoms with E-state index in [1.54, 1.807) is 13.0 Å². The van der Waals surface area contributed by atoms with Gasteiger partial charge in [-0.05, 0) is 6.92 Å². The average Bonchev–Trinajstić information content (AvgIpc) is 2.72. The number of esters is 1. The number of carbonyl (C=O) groups excluding carboxylic acids is 1. The van der Waals surface area contributed by atoms with Gasteiger partial charge in [-0.2, -0.15) is 5.10 Å². The second-order valence-electron chi connectivity index (χ2n) is 3.36. The van der Waals surface area contributed by atoms with Crippen molar-refractivity contribution < 1.29 is 18.3 Å². The first kappa shape index (κ1) is 11.5. The van der Waals surface area contributed by atoms with Crippen molar-refractivity contribution >= 4 is 16.9 Å². The van der Waals surface area contributed by atoms with Gasteiger partial charge in [-0.25, -0.2) is 13.6 Å². The molecule has 0 saturated carbocycles. The molecule has 0 aliphatic rings. The molecule has 0 radical (unpaired) electrons. The third-order valence-corrected chi connectivity index (χ3v) is 2.33.